The molecule has 0 saturated carbocycles. The molecule has 1 fully saturated rings. The molecule has 1 heterocycles. The van der Waals surface area contributed by atoms with Crippen LogP contribution in [0.4, 0.5) is 10.5 Å². The van der Waals surface area contributed by atoms with Gasteiger partial charge in [-0.3, -0.25) is 4.79 Å². The number of nitrogens with one attached hydrogen (secondary N) is 2. The Morgan fingerprint density at radius 2 is 1.78 bits per heavy atom. The van der Waals surface area contributed by atoms with Gasteiger partial charge in [-0.25, -0.2) is 4.79 Å². The first-order chi connectivity index (χ1) is 11.0. The fraction of sp³-hybridized carbons (Fsp3) is 0.556. The van der Waals surface area contributed by atoms with Crippen molar-refractivity contribution in [3.05, 3.63) is 29.8 Å². The zero-order valence-electron chi connectivity index (χ0n) is 14.1. The van der Waals surface area contributed by atoms with Gasteiger partial charge in [-0.15, -0.1) is 0 Å². The highest BCUT2D eigenvalue weighted by Gasteiger charge is 2.17. The van der Waals surface area contributed by atoms with Gasteiger partial charge in [0.1, 0.15) is 0 Å². The van der Waals surface area contributed by atoms with E-state index in [0.717, 1.165) is 43.6 Å². The first-order valence-electron chi connectivity index (χ1n) is 8.46. The van der Waals surface area contributed by atoms with Gasteiger partial charge in [0.2, 0.25) is 5.91 Å². The van der Waals surface area contributed by atoms with Crippen molar-refractivity contribution in [2.75, 3.05) is 25.0 Å². The smallest absolute Gasteiger partial charge is 0.319 e. The second kappa shape index (κ2) is 8.56. The first kappa shape index (κ1) is 17.3. The summed E-state index contributed by atoms with van der Waals surface area (Å²) in [7, 11) is 0. The largest absolute Gasteiger partial charge is 0.343 e. The van der Waals surface area contributed by atoms with Crippen LogP contribution in [0.2, 0.25) is 0 Å². The predicted octanol–water partition coefficient (Wildman–Crippen LogP) is 3.02. The van der Waals surface area contributed by atoms with Crippen LogP contribution >= 0.6 is 0 Å². The maximum atomic E-state index is 12.0. The normalized spacial score (nSPS) is 14.1. The molecule has 0 radical (unpaired) electrons. The van der Waals surface area contributed by atoms with Gasteiger partial charge in [0.15, 0.2) is 0 Å². The number of aryl methyl sites for hydroxylation is 1. The number of likely N-dealkylation sites (tertiary alicyclic amines) is 1. The summed E-state index contributed by atoms with van der Waals surface area (Å²) in [5.41, 5.74) is 1.88. The number of urea groups is 1. The summed E-state index contributed by atoms with van der Waals surface area (Å²) < 4.78 is 0. The van der Waals surface area contributed by atoms with E-state index in [1.165, 1.54) is 0 Å². The summed E-state index contributed by atoms with van der Waals surface area (Å²) in [4.78, 5) is 25.7. The summed E-state index contributed by atoms with van der Waals surface area (Å²) in [6, 6.07) is 7.51. The second-order valence-corrected chi connectivity index (χ2v) is 6.51. The summed E-state index contributed by atoms with van der Waals surface area (Å²) in [5.74, 6) is 0.675. The Hall–Kier alpha value is -2.04. The van der Waals surface area contributed by atoms with Gasteiger partial charge < -0.3 is 15.5 Å². The van der Waals surface area contributed by atoms with Gasteiger partial charge in [0.05, 0.1) is 0 Å². The van der Waals surface area contributed by atoms with Crippen LogP contribution < -0.4 is 10.6 Å². The Balaban J connectivity index is 1.75. The molecule has 1 aliphatic rings. The van der Waals surface area contributed by atoms with E-state index in [9.17, 15) is 9.59 Å². The lowest BCUT2D eigenvalue weighted by molar-refractivity contribution is -0.130. The highest BCUT2D eigenvalue weighted by Crippen LogP contribution is 2.14. The van der Waals surface area contributed by atoms with Gasteiger partial charge >= 0.3 is 6.03 Å². The summed E-state index contributed by atoms with van der Waals surface area (Å²) in [6.45, 7) is 6.58. The van der Waals surface area contributed by atoms with Crippen LogP contribution in [0.25, 0.3) is 0 Å². The molecule has 5 heteroatoms. The van der Waals surface area contributed by atoms with Crippen molar-refractivity contribution in [3.8, 4) is 0 Å². The van der Waals surface area contributed by atoms with Gasteiger partial charge in [0, 0.05) is 31.7 Å². The molecule has 2 rings (SSSR count). The lowest BCUT2D eigenvalue weighted by Gasteiger charge is -2.15. The number of anilines is 1. The topological polar surface area (TPSA) is 61.4 Å². The van der Waals surface area contributed by atoms with E-state index in [2.05, 4.69) is 24.5 Å². The molecule has 0 atom stereocenters. The first-order valence-corrected chi connectivity index (χ1v) is 8.46. The molecule has 0 aromatic heterocycles. The Bertz CT molecular complexity index is 520. The van der Waals surface area contributed by atoms with Crippen molar-refractivity contribution in [1.29, 1.82) is 0 Å². The fourth-order valence-corrected chi connectivity index (χ4v) is 2.60. The maximum Gasteiger partial charge on any atom is 0.319 e. The highest BCUT2D eigenvalue weighted by atomic mass is 16.2. The molecular formula is C18H27N3O2. The molecule has 126 valence electrons. The van der Waals surface area contributed by atoms with Crippen molar-refractivity contribution in [2.45, 2.75) is 39.5 Å². The van der Waals surface area contributed by atoms with E-state index in [0.29, 0.717) is 18.9 Å². The average Bonchev–Trinajstić information content (AvgIpc) is 3.06. The quantitative estimate of drug-likeness (QED) is 0.847. The number of hydrogen-bond donors (Lipinski definition) is 2. The zero-order chi connectivity index (χ0) is 16.7. The van der Waals surface area contributed by atoms with Crippen LogP contribution in [0.5, 0.6) is 0 Å². The third-order valence-electron chi connectivity index (χ3n) is 3.97. The number of amides is 3. The van der Waals surface area contributed by atoms with E-state index < -0.39 is 0 Å². The molecule has 1 aromatic carbocycles. The monoisotopic (exact) mass is 317 g/mol. The highest BCUT2D eigenvalue weighted by molar-refractivity contribution is 5.89. The van der Waals surface area contributed by atoms with Crippen LogP contribution in [0.3, 0.4) is 0 Å². The lowest BCUT2D eigenvalue weighted by Crippen LogP contribution is -2.31. The minimum absolute atomic E-state index is 0.185. The van der Waals surface area contributed by atoms with Gasteiger partial charge in [0.25, 0.3) is 0 Å². The molecule has 1 aliphatic heterocycles. The molecule has 0 bridgehead atoms. The minimum Gasteiger partial charge on any atom is -0.343 e. The Labute approximate surface area is 138 Å². The van der Waals surface area contributed by atoms with Crippen molar-refractivity contribution in [2.24, 2.45) is 5.92 Å². The third-order valence-corrected chi connectivity index (χ3v) is 3.97. The SMILES string of the molecule is CC(C)CNC(=O)Nc1ccc(CCC(=O)N2CCCC2)cc1. The number of hydrogen-bond acceptors (Lipinski definition) is 2. The van der Waals surface area contributed by atoms with Crippen molar-refractivity contribution in [1.82, 2.24) is 10.2 Å². The van der Waals surface area contributed by atoms with Crippen molar-refractivity contribution >= 4 is 17.6 Å². The number of benzene rings is 1. The molecule has 1 saturated heterocycles. The summed E-state index contributed by atoms with van der Waals surface area (Å²) in [5, 5.41) is 5.63. The number of nitrogens with zero attached hydrogens (tertiary/aromatic N) is 1. The number of carbonyl (C=O) groups is 2. The fourth-order valence-electron chi connectivity index (χ4n) is 2.60. The van der Waals surface area contributed by atoms with E-state index in [1.54, 1.807) is 0 Å². The predicted molar refractivity (Wildman–Crippen MR) is 92.4 cm³/mol. The molecule has 0 aliphatic carbocycles. The number of rotatable bonds is 6. The standard InChI is InChI=1S/C18H27N3O2/c1-14(2)13-19-18(23)20-16-8-5-15(6-9-16)7-10-17(22)21-11-3-4-12-21/h5-6,8-9,14H,3-4,7,10-13H2,1-2H3,(H2,19,20,23). The molecule has 23 heavy (non-hydrogen) atoms. The Morgan fingerprint density at radius 1 is 1.13 bits per heavy atom. The van der Waals surface area contributed by atoms with E-state index >= 15 is 0 Å². The lowest BCUT2D eigenvalue weighted by atomic mass is 10.1. The number of carbonyl (C=O) groups excluding carboxylic acids is 2. The molecular weight excluding hydrogens is 290 g/mol. The average molecular weight is 317 g/mol. The van der Waals surface area contributed by atoms with Crippen LogP contribution in [0.15, 0.2) is 24.3 Å². The molecule has 0 spiro atoms. The van der Waals surface area contributed by atoms with Crippen LogP contribution in [0.1, 0.15) is 38.7 Å². The van der Waals surface area contributed by atoms with Crippen molar-refractivity contribution < 1.29 is 9.59 Å². The van der Waals surface area contributed by atoms with Crippen LogP contribution in [-0.2, 0) is 11.2 Å². The Kier molecular flexibility index (Phi) is 6.44. The van der Waals surface area contributed by atoms with E-state index in [1.807, 2.05) is 29.2 Å². The molecule has 0 unspecified atom stereocenters. The van der Waals surface area contributed by atoms with Gasteiger partial charge in [-0.05, 0) is 42.9 Å². The molecule has 5 nitrogen and oxygen atoms in total. The molecule has 2 N–H and O–H groups in total. The zero-order valence-corrected chi connectivity index (χ0v) is 14.1. The van der Waals surface area contributed by atoms with Gasteiger partial charge in [-0.2, -0.15) is 0 Å². The van der Waals surface area contributed by atoms with Gasteiger partial charge in [-0.1, -0.05) is 26.0 Å². The third kappa shape index (κ3) is 5.93. The second-order valence-electron chi connectivity index (χ2n) is 6.51. The van der Waals surface area contributed by atoms with Crippen molar-refractivity contribution in [3.63, 3.8) is 0 Å². The van der Waals surface area contributed by atoms with E-state index in [4.69, 9.17) is 0 Å². The van der Waals surface area contributed by atoms with Crippen LogP contribution in [-0.4, -0.2) is 36.5 Å². The molecule has 1 aromatic rings. The summed E-state index contributed by atoms with van der Waals surface area (Å²) in [6.07, 6.45) is 3.56. The summed E-state index contributed by atoms with van der Waals surface area (Å²) >= 11 is 0. The van der Waals surface area contributed by atoms with E-state index in [-0.39, 0.29) is 11.9 Å². The van der Waals surface area contributed by atoms with Crippen LogP contribution in [0, 0.1) is 5.92 Å². The maximum absolute atomic E-state index is 12.0. The minimum atomic E-state index is -0.185. The molecule has 3 amide bonds. The Morgan fingerprint density at radius 3 is 2.39 bits per heavy atom.